The number of hydrogen-bond donors (Lipinski definition) is 0. The van der Waals surface area contributed by atoms with Crippen molar-refractivity contribution in [1.29, 1.82) is 0 Å². The highest BCUT2D eigenvalue weighted by Gasteiger charge is 2.35. The second kappa shape index (κ2) is 11.8. The van der Waals surface area contributed by atoms with Crippen LogP contribution in [-0.2, 0) is 16.0 Å². The second-order valence-corrected chi connectivity index (χ2v) is 9.08. The molecule has 35 heavy (non-hydrogen) atoms. The van der Waals surface area contributed by atoms with Crippen LogP contribution in [-0.4, -0.2) is 59.9 Å². The summed E-state index contributed by atoms with van der Waals surface area (Å²) in [6.07, 6.45) is 3.47. The lowest BCUT2D eigenvalue weighted by Crippen LogP contribution is -2.49. The van der Waals surface area contributed by atoms with Crippen LogP contribution in [0, 0.1) is 5.92 Å². The number of carbonyl (C=O) groups is 2. The number of likely N-dealkylation sites (N-methyl/N-ethyl adjacent to an activating group) is 1. The standard InChI is InChI=1S/C29H33N3O3/c1-31(28(33)25-15-9-10-18-30-25)26(21-22-11-5-3-6-12-22)23-16-19-32(20-17-23)29(34)27(35-2)24-13-7-4-8-14-24/h3-15,18,23,26-27H,16-17,19-21H2,1-2H3. The van der Waals surface area contributed by atoms with Crippen LogP contribution in [0.25, 0.3) is 0 Å². The molecule has 182 valence electrons. The van der Waals surface area contributed by atoms with Crippen LogP contribution in [0.4, 0.5) is 0 Å². The molecule has 1 fully saturated rings. The summed E-state index contributed by atoms with van der Waals surface area (Å²) < 4.78 is 5.57. The molecule has 0 N–H and O–H groups in total. The number of carbonyl (C=O) groups excluding carboxylic acids is 2. The van der Waals surface area contributed by atoms with Crippen LogP contribution >= 0.6 is 0 Å². The largest absolute Gasteiger partial charge is 0.367 e. The quantitative estimate of drug-likeness (QED) is 0.489. The molecule has 0 radical (unpaired) electrons. The molecule has 1 aliphatic heterocycles. The van der Waals surface area contributed by atoms with Crippen molar-refractivity contribution in [2.24, 2.45) is 5.92 Å². The number of likely N-dealkylation sites (tertiary alicyclic amines) is 1. The molecule has 4 rings (SSSR count). The lowest BCUT2D eigenvalue weighted by molar-refractivity contribution is -0.144. The number of piperidine rings is 1. The van der Waals surface area contributed by atoms with Gasteiger partial charge in [0.15, 0.2) is 6.10 Å². The number of benzene rings is 2. The number of rotatable bonds is 8. The average molecular weight is 472 g/mol. The number of nitrogens with zero attached hydrogens (tertiary/aromatic N) is 3. The Bertz CT molecular complexity index is 1080. The van der Waals surface area contributed by atoms with Crippen LogP contribution in [0.5, 0.6) is 0 Å². The van der Waals surface area contributed by atoms with Crippen molar-refractivity contribution in [2.75, 3.05) is 27.2 Å². The van der Waals surface area contributed by atoms with E-state index in [0.29, 0.717) is 18.8 Å². The number of hydrogen-bond acceptors (Lipinski definition) is 4. The Morgan fingerprint density at radius 2 is 1.60 bits per heavy atom. The van der Waals surface area contributed by atoms with Crippen LogP contribution < -0.4 is 0 Å². The third-order valence-corrected chi connectivity index (χ3v) is 6.95. The highest BCUT2D eigenvalue weighted by atomic mass is 16.5. The van der Waals surface area contributed by atoms with Gasteiger partial charge < -0.3 is 14.5 Å². The molecule has 0 saturated carbocycles. The first-order valence-corrected chi connectivity index (χ1v) is 12.2. The van der Waals surface area contributed by atoms with Gasteiger partial charge in [0, 0.05) is 39.5 Å². The normalized spacial score (nSPS) is 15.9. The Labute approximate surface area is 207 Å². The molecule has 2 atom stereocenters. The number of methoxy groups -OCH3 is 1. The van der Waals surface area contributed by atoms with Crippen molar-refractivity contribution >= 4 is 11.8 Å². The second-order valence-electron chi connectivity index (χ2n) is 9.08. The molecule has 6 nitrogen and oxygen atoms in total. The van der Waals surface area contributed by atoms with Crippen molar-refractivity contribution < 1.29 is 14.3 Å². The SMILES string of the molecule is COC(C(=O)N1CCC(C(Cc2ccccc2)N(C)C(=O)c2ccccn2)CC1)c1ccccc1. The first-order chi connectivity index (χ1) is 17.1. The highest BCUT2D eigenvalue weighted by Crippen LogP contribution is 2.29. The minimum absolute atomic E-state index is 0.00493. The molecular weight excluding hydrogens is 438 g/mol. The number of pyridine rings is 1. The summed E-state index contributed by atoms with van der Waals surface area (Å²) in [4.78, 5) is 34.5. The van der Waals surface area contributed by atoms with Gasteiger partial charge in [-0.3, -0.25) is 14.6 Å². The van der Waals surface area contributed by atoms with Gasteiger partial charge in [0.05, 0.1) is 0 Å². The molecule has 3 aromatic rings. The molecule has 2 amide bonds. The smallest absolute Gasteiger partial charge is 0.272 e. The third-order valence-electron chi connectivity index (χ3n) is 6.95. The lowest BCUT2D eigenvalue weighted by Gasteiger charge is -2.40. The van der Waals surface area contributed by atoms with Crippen molar-refractivity contribution in [1.82, 2.24) is 14.8 Å². The van der Waals surface area contributed by atoms with E-state index in [1.54, 1.807) is 19.4 Å². The van der Waals surface area contributed by atoms with Gasteiger partial charge in [0.25, 0.3) is 11.8 Å². The molecule has 2 unspecified atom stereocenters. The zero-order valence-electron chi connectivity index (χ0n) is 20.4. The summed E-state index contributed by atoms with van der Waals surface area (Å²) in [6, 6.07) is 25.3. The summed E-state index contributed by atoms with van der Waals surface area (Å²) in [7, 11) is 3.45. The Balaban J connectivity index is 1.48. The van der Waals surface area contributed by atoms with E-state index in [9.17, 15) is 9.59 Å². The van der Waals surface area contributed by atoms with Crippen molar-refractivity contribution in [3.05, 3.63) is 102 Å². The van der Waals surface area contributed by atoms with E-state index in [0.717, 1.165) is 24.8 Å². The van der Waals surface area contributed by atoms with Gasteiger partial charge in [-0.2, -0.15) is 0 Å². The summed E-state index contributed by atoms with van der Waals surface area (Å²) in [5, 5.41) is 0. The van der Waals surface area contributed by atoms with Gasteiger partial charge >= 0.3 is 0 Å². The van der Waals surface area contributed by atoms with Gasteiger partial charge in [-0.1, -0.05) is 66.7 Å². The monoisotopic (exact) mass is 471 g/mol. The van der Waals surface area contributed by atoms with Gasteiger partial charge in [0.2, 0.25) is 0 Å². The zero-order valence-corrected chi connectivity index (χ0v) is 20.4. The molecular formula is C29H33N3O3. The minimum Gasteiger partial charge on any atom is -0.367 e. The minimum atomic E-state index is -0.596. The number of ether oxygens (including phenoxy) is 1. The summed E-state index contributed by atoms with van der Waals surface area (Å²) in [5.41, 5.74) is 2.51. The third kappa shape index (κ3) is 5.95. The summed E-state index contributed by atoms with van der Waals surface area (Å²) in [6.45, 7) is 1.29. The number of aromatic nitrogens is 1. The maximum Gasteiger partial charge on any atom is 0.272 e. The molecule has 1 aromatic heterocycles. The summed E-state index contributed by atoms with van der Waals surface area (Å²) in [5.74, 6) is 0.192. The van der Waals surface area contributed by atoms with Crippen LogP contribution in [0.15, 0.2) is 85.1 Å². The fourth-order valence-corrected chi connectivity index (χ4v) is 4.97. The molecule has 2 aromatic carbocycles. The van der Waals surface area contributed by atoms with Crippen molar-refractivity contribution in [2.45, 2.75) is 31.4 Å². The fourth-order valence-electron chi connectivity index (χ4n) is 4.97. The van der Waals surface area contributed by atoms with E-state index in [1.165, 1.54) is 5.56 Å². The Kier molecular flexibility index (Phi) is 8.27. The van der Waals surface area contributed by atoms with Crippen LogP contribution in [0.2, 0.25) is 0 Å². The predicted molar refractivity (Wildman–Crippen MR) is 136 cm³/mol. The highest BCUT2D eigenvalue weighted by molar-refractivity contribution is 5.92. The first-order valence-electron chi connectivity index (χ1n) is 12.2. The van der Waals surface area contributed by atoms with Crippen molar-refractivity contribution in [3.63, 3.8) is 0 Å². The van der Waals surface area contributed by atoms with Crippen LogP contribution in [0.1, 0.15) is 40.6 Å². The first kappa shape index (κ1) is 24.6. The van der Waals surface area contributed by atoms with Gasteiger partial charge in [-0.05, 0) is 48.4 Å². The topological polar surface area (TPSA) is 62.7 Å². The van der Waals surface area contributed by atoms with Gasteiger partial charge in [-0.15, -0.1) is 0 Å². The van der Waals surface area contributed by atoms with E-state index in [-0.39, 0.29) is 23.8 Å². The zero-order chi connectivity index (χ0) is 24.6. The summed E-state index contributed by atoms with van der Waals surface area (Å²) >= 11 is 0. The Morgan fingerprint density at radius 1 is 0.971 bits per heavy atom. The molecule has 0 spiro atoms. The van der Waals surface area contributed by atoms with E-state index in [2.05, 4.69) is 17.1 Å². The molecule has 0 bridgehead atoms. The molecule has 6 heteroatoms. The lowest BCUT2D eigenvalue weighted by atomic mass is 9.84. The Hall–Kier alpha value is -3.51. The fraction of sp³-hybridized carbons (Fsp3) is 0.345. The van der Waals surface area contributed by atoms with E-state index < -0.39 is 6.10 Å². The maximum atomic E-state index is 13.3. The molecule has 0 aliphatic carbocycles. The molecule has 1 aliphatic rings. The maximum absolute atomic E-state index is 13.3. The van der Waals surface area contributed by atoms with E-state index in [4.69, 9.17) is 4.74 Å². The van der Waals surface area contributed by atoms with Gasteiger partial charge in [0.1, 0.15) is 5.69 Å². The average Bonchev–Trinajstić information content (AvgIpc) is 2.93. The van der Waals surface area contributed by atoms with Crippen LogP contribution in [0.3, 0.4) is 0 Å². The molecule has 1 saturated heterocycles. The van der Waals surface area contributed by atoms with Crippen molar-refractivity contribution in [3.8, 4) is 0 Å². The van der Waals surface area contributed by atoms with E-state index in [1.807, 2.05) is 77.5 Å². The van der Waals surface area contributed by atoms with Gasteiger partial charge in [-0.25, -0.2) is 0 Å². The Morgan fingerprint density at radius 3 is 2.20 bits per heavy atom. The van der Waals surface area contributed by atoms with E-state index >= 15 is 0 Å². The number of amides is 2. The molecule has 2 heterocycles. The predicted octanol–water partition coefficient (Wildman–Crippen LogP) is 4.39.